The van der Waals surface area contributed by atoms with Gasteiger partial charge in [0.1, 0.15) is 0 Å². The summed E-state index contributed by atoms with van der Waals surface area (Å²) in [5.74, 6) is -0.977. The summed E-state index contributed by atoms with van der Waals surface area (Å²) >= 11 is 0. The van der Waals surface area contributed by atoms with Gasteiger partial charge in [-0.3, -0.25) is 4.79 Å². The first kappa shape index (κ1) is 17.8. The van der Waals surface area contributed by atoms with Crippen molar-refractivity contribution in [2.24, 2.45) is 11.3 Å². The maximum Gasteiger partial charge on any atom is 0.416 e. The van der Waals surface area contributed by atoms with Gasteiger partial charge in [-0.05, 0) is 35.8 Å². The number of aliphatic hydroxyl groups excluding tert-OH is 1. The molecule has 2 unspecified atom stereocenters. The zero-order valence-corrected chi connectivity index (χ0v) is 13.3. The van der Waals surface area contributed by atoms with Gasteiger partial charge in [-0.25, -0.2) is 0 Å². The zero-order chi connectivity index (χ0) is 17.3. The summed E-state index contributed by atoms with van der Waals surface area (Å²) in [5.41, 5.74) is -0.686. The number of amides is 1. The monoisotopic (exact) mass is 329 g/mol. The molecule has 6 heteroatoms. The van der Waals surface area contributed by atoms with E-state index in [1.54, 1.807) is 6.07 Å². The van der Waals surface area contributed by atoms with Gasteiger partial charge in [0.05, 0.1) is 5.56 Å². The summed E-state index contributed by atoms with van der Waals surface area (Å²) in [6.45, 7) is 4.28. The Bertz CT molecular complexity index is 569. The molecule has 0 spiro atoms. The molecule has 0 bridgehead atoms. The third-order valence-corrected chi connectivity index (χ3v) is 4.32. The molecule has 1 aromatic carbocycles. The van der Waals surface area contributed by atoms with E-state index in [1.165, 1.54) is 12.1 Å². The average Bonchev–Trinajstić information content (AvgIpc) is 3.24. The molecular formula is C17H22F3NO2. The van der Waals surface area contributed by atoms with Gasteiger partial charge in [0.25, 0.3) is 0 Å². The lowest BCUT2D eigenvalue weighted by atomic mass is 9.89. The molecule has 0 heterocycles. The van der Waals surface area contributed by atoms with E-state index in [9.17, 15) is 18.0 Å². The average molecular weight is 329 g/mol. The van der Waals surface area contributed by atoms with E-state index < -0.39 is 17.7 Å². The van der Waals surface area contributed by atoms with E-state index in [1.807, 2.05) is 13.8 Å². The molecule has 1 saturated carbocycles. The molecule has 1 aromatic rings. The first-order valence-corrected chi connectivity index (χ1v) is 7.70. The Morgan fingerprint density at radius 1 is 1.30 bits per heavy atom. The van der Waals surface area contributed by atoms with Crippen molar-refractivity contribution in [1.82, 2.24) is 5.32 Å². The SMILES string of the molecule is CC(C)(CCO)CNC(=O)C1CC1c1ccccc1C(F)(F)F. The maximum atomic E-state index is 13.0. The van der Waals surface area contributed by atoms with Crippen molar-refractivity contribution in [2.45, 2.75) is 38.8 Å². The van der Waals surface area contributed by atoms with E-state index >= 15 is 0 Å². The molecule has 1 amide bonds. The minimum Gasteiger partial charge on any atom is -0.396 e. The van der Waals surface area contributed by atoms with Crippen molar-refractivity contribution >= 4 is 5.91 Å². The Morgan fingerprint density at radius 2 is 1.96 bits per heavy atom. The van der Waals surface area contributed by atoms with E-state index in [4.69, 9.17) is 5.11 Å². The van der Waals surface area contributed by atoms with Crippen LogP contribution in [0.25, 0.3) is 0 Å². The van der Waals surface area contributed by atoms with Crippen molar-refractivity contribution in [3.8, 4) is 0 Å². The summed E-state index contributed by atoms with van der Waals surface area (Å²) in [6.07, 6.45) is -3.40. The number of halogens is 3. The van der Waals surface area contributed by atoms with Gasteiger partial charge < -0.3 is 10.4 Å². The van der Waals surface area contributed by atoms with Crippen LogP contribution >= 0.6 is 0 Å². The number of alkyl halides is 3. The molecule has 0 saturated heterocycles. The highest BCUT2D eigenvalue weighted by atomic mass is 19.4. The summed E-state index contributed by atoms with van der Waals surface area (Å²) in [7, 11) is 0. The van der Waals surface area contributed by atoms with Crippen LogP contribution in [0.5, 0.6) is 0 Å². The molecule has 1 aliphatic rings. The van der Waals surface area contributed by atoms with Gasteiger partial charge in [0.2, 0.25) is 5.91 Å². The first-order chi connectivity index (χ1) is 10.7. The van der Waals surface area contributed by atoms with Crippen LogP contribution in [-0.4, -0.2) is 24.2 Å². The van der Waals surface area contributed by atoms with Gasteiger partial charge in [-0.2, -0.15) is 13.2 Å². The lowest BCUT2D eigenvalue weighted by Gasteiger charge is -2.23. The van der Waals surface area contributed by atoms with Gasteiger partial charge in [-0.15, -0.1) is 0 Å². The van der Waals surface area contributed by atoms with Crippen LogP contribution in [0.15, 0.2) is 24.3 Å². The topological polar surface area (TPSA) is 49.3 Å². The van der Waals surface area contributed by atoms with Crippen LogP contribution in [0.1, 0.15) is 43.7 Å². The van der Waals surface area contributed by atoms with Crippen LogP contribution in [0, 0.1) is 11.3 Å². The zero-order valence-electron chi connectivity index (χ0n) is 13.3. The van der Waals surface area contributed by atoms with Crippen LogP contribution < -0.4 is 5.32 Å². The fourth-order valence-electron chi connectivity index (χ4n) is 2.76. The Kier molecular flexibility index (Phi) is 5.04. The first-order valence-electron chi connectivity index (χ1n) is 7.70. The number of aliphatic hydroxyl groups is 1. The lowest BCUT2D eigenvalue weighted by molar-refractivity contribution is -0.138. The second-order valence-corrected chi connectivity index (χ2v) is 6.89. The highest BCUT2D eigenvalue weighted by Crippen LogP contribution is 2.51. The van der Waals surface area contributed by atoms with Crippen molar-refractivity contribution in [3.05, 3.63) is 35.4 Å². The number of hydrogen-bond acceptors (Lipinski definition) is 2. The molecule has 2 atom stereocenters. The number of nitrogens with one attached hydrogen (secondary N) is 1. The summed E-state index contributed by atoms with van der Waals surface area (Å²) in [5, 5.41) is 11.8. The number of carbonyl (C=O) groups excluding carboxylic acids is 1. The minimum absolute atomic E-state index is 0.0356. The highest BCUT2D eigenvalue weighted by molar-refractivity contribution is 5.83. The molecule has 0 aromatic heterocycles. The third-order valence-electron chi connectivity index (χ3n) is 4.32. The van der Waals surface area contributed by atoms with Crippen molar-refractivity contribution < 1.29 is 23.1 Å². The maximum absolute atomic E-state index is 13.0. The molecule has 1 aliphatic carbocycles. The molecule has 0 radical (unpaired) electrons. The van der Waals surface area contributed by atoms with Gasteiger partial charge >= 0.3 is 6.18 Å². The number of carbonyl (C=O) groups is 1. The molecule has 23 heavy (non-hydrogen) atoms. The molecule has 128 valence electrons. The Hall–Kier alpha value is -1.56. The van der Waals surface area contributed by atoms with Crippen molar-refractivity contribution in [1.29, 1.82) is 0 Å². The van der Waals surface area contributed by atoms with E-state index in [2.05, 4.69) is 5.32 Å². The largest absolute Gasteiger partial charge is 0.416 e. The predicted octanol–water partition coefficient (Wildman–Crippen LogP) is 3.33. The summed E-state index contributed by atoms with van der Waals surface area (Å²) in [6, 6.07) is 5.45. The minimum atomic E-state index is -4.40. The number of benzene rings is 1. The van der Waals surface area contributed by atoms with Crippen LogP contribution in [0.2, 0.25) is 0 Å². The van der Waals surface area contributed by atoms with E-state index in [0.29, 0.717) is 19.4 Å². The second kappa shape index (κ2) is 6.51. The molecule has 2 N–H and O–H groups in total. The van der Waals surface area contributed by atoms with Crippen LogP contribution in [0.4, 0.5) is 13.2 Å². The van der Waals surface area contributed by atoms with E-state index in [-0.39, 0.29) is 29.4 Å². The fraction of sp³-hybridized carbons (Fsp3) is 0.588. The number of rotatable bonds is 6. The Balaban J connectivity index is 1.99. The van der Waals surface area contributed by atoms with Crippen LogP contribution in [-0.2, 0) is 11.0 Å². The van der Waals surface area contributed by atoms with Crippen molar-refractivity contribution in [2.75, 3.05) is 13.2 Å². The second-order valence-electron chi connectivity index (χ2n) is 6.89. The van der Waals surface area contributed by atoms with Crippen molar-refractivity contribution in [3.63, 3.8) is 0 Å². The lowest BCUT2D eigenvalue weighted by Crippen LogP contribution is -2.35. The Morgan fingerprint density at radius 3 is 2.57 bits per heavy atom. The summed E-state index contributed by atoms with van der Waals surface area (Å²) in [4.78, 5) is 12.1. The molecule has 0 aliphatic heterocycles. The highest BCUT2D eigenvalue weighted by Gasteiger charge is 2.47. The van der Waals surface area contributed by atoms with E-state index in [0.717, 1.165) is 6.07 Å². The predicted molar refractivity (Wildman–Crippen MR) is 80.8 cm³/mol. The fourth-order valence-corrected chi connectivity index (χ4v) is 2.76. The molecular weight excluding hydrogens is 307 g/mol. The van der Waals surface area contributed by atoms with Gasteiger partial charge in [0.15, 0.2) is 0 Å². The standard InChI is InChI=1S/C17H22F3NO2/c1-16(2,7-8-22)10-21-15(23)13-9-12(13)11-5-3-4-6-14(11)17(18,19)20/h3-6,12-13,22H,7-10H2,1-2H3,(H,21,23). The quantitative estimate of drug-likeness (QED) is 0.841. The smallest absolute Gasteiger partial charge is 0.396 e. The molecule has 2 rings (SSSR count). The van der Waals surface area contributed by atoms with Crippen LogP contribution in [0.3, 0.4) is 0 Å². The number of hydrogen-bond donors (Lipinski definition) is 2. The molecule has 1 fully saturated rings. The van der Waals surface area contributed by atoms with Gasteiger partial charge in [-0.1, -0.05) is 32.0 Å². The Labute approximate surface area is 133 Å². The normalized spacial score (nSPS) is 21.1. The summed E-state index contributed by atoms with van der Waals surface area (Å²) < 4.78 is 39.1. The third kappa shape index (κ3) is 4.47. The molecule has 3 nitrogen and oxygen atoms in total. The van der Waals surface area contributed by atoms with Gasteiger partial charge in [0, 0.05) is 19.1 Å².